The van der Waals surface area contributed by atoms with Gasteiger partial charge in [-0.25, -0.2) is 16.8 Å². The first-order chi connectivity index (χ1) is 16.2. The number of nitrogens with one attached hydrogen (secondary N) is 1. The average molecular weight is 506 g/mol. The molecule has 0 aliphatic carbocycles. The first kappa shape index (κ1) is 24.8. The maximum atomic E-state index is 12.8. The van der Waals surface area contributed by atoms with Crippen molar-refractivity contribution in [1.82, 2.24) is 8.61 Å². The number of nitrogens with zero attached hydrogens (tertiary/aromatic N) is 2. The van der Waals surface area contributed by atoms with E-state index in [0.717, 1.165) is 25.7 Å². The number of hydrogen-bond donors (Lipinski definition) is 1. The fourth-order valence-electron chi connectivity index (χ4n) is 4.29. The van der Waals surface area contributed by atoms with E-state index in [0.29, 0.717) is 43.3 Å². The lowest BCUT2D eigenvalue weighted by atomic mass is 10.0. The summed E-state index contributed by atoms with van der Waals surface area (Å²) in [4.78, 5) is 13.0. The quantitative estimate of drug-likeness (QED) is 0.553. The molecule has 4 rings (SSSR count). The van der Waals surface area contributed by atoms with Gasteiger partial charge in [-0.15, -0.1) is 0 Å². The maximum absolute atomic E-state index is 12.8. The van der Waals surface area contributed by atoms with Crippen molar-refractivity contribution in [3.63, 3.8) is 0 Å². The lowest BCUT2D eigenvalue weighted by molar-refractivity contribution is 0.101. The van der Waals surface area contributed by atoms with Crippen LogP contribution < -0.4 is 5.32 Å². The molecule has 2 aromatic rings. The van der Waals surface area contributed by atoms with Gasteiger partial charge in [0.05, 0.1) is 16.3 Å². The molecule has 0 spiro atoms. The van der Waals surface area contributed by atoms with Gasteiger partial charge < -0.3 is 5.32 Å². The normalized spacial score (nSPS) is 18.7. The summed E-state index contributed by atoms with van der Waals surface area (Å²) < 4.78 is 53.9. The zero-order valence-electron chi connectivity index (χ0n) is 19.3. The predicted octanol–water partition coefficient (Wildman–Crippen LogP) is 3.19. The molecular weight excluding hydrogens is 474 g/mol. The summed E-state index contributed by atoms with van der Waals surface area (Å²) in [5.41, 5.74) is 1.04. The number of sulfonamides is 2. The number of hydrogen-bond acceptors (Lipinski definition) is 6. The van der Waals surface area contributed by atoms with E-state index in [1.54, 1.807) is 24.3 Å². The molecule has 34 heavy (non-hydrogen) atoms. The zero-order chi connectivity index (χ0) is 24.3. The molecule has 0 unspecified atom stereocenters. The van der Waals surface area contributed by atoms with E-state index in [1.807, 2.05) is 0 Å². The molecule has 0 atom stereocenters. The van der Waals surface area contributed by atoms with Crippen LogP contribution in [0.5, 0.6) is 0 Å². The monoisotopic (exact) mass is 505 g/mol. The van der Waals surface area contributed by atoms with Gasteiger partial charge in [-0.2, -0.15) is 8.61 Å². The number of benzene rings is 2. The fraction of sp³-hybridized carbons (Fsp3) is 0.458. The molecule has 2 aliphatic rings. The standard InChI is InChI=1S/C24H31N3O5S2/c1-19-12-16-27(17-13-19)34(31,32)23-10-6-21(7-11-23)25-18-24(28)20-4-8-22(9-5-20)33(29,30)26-14-2-3-15-26/h4-11,19,25H,2-3,12-18H2,1H3. The fourth-order valence-corrected chi connectivity index (χ4v) is 7.28. The van der Waals surface area contributed by atoms with Gasteiger partial charge in [0.1, 0.15) is 0 Å². The van der Waals surface area contributed by atoms with Crippen LogP contribution in [0.3, 0.4) is 0 Å². The molecule has 1 N–H and O–H groups in total. The van der Waals surface area contributed by atoms with E-state index in [1.165, 1.54) is 32.9 Å². The molecule has 8 nitrogen and oxygen atoms in total. The predicted molar refractivity (Wildman–Crippen MR) is 131 cm³/mol. The molecule has 10 heteroatoms. The highest BCUT2D eigenvalue weighted by Gasteiger charge is 2.28. The minimum atomic E-state index is -3.51. The Bertz CT molecular complexity index is 1210. The second-order valence-corrected chi connectivity index (χ2v) is 12.9. The van der Waals surface area contributed by atoms with Crippen molar-refractivity contribution in [2.45, 2.75) is 42.4 Å². The molecule has 2 fully saturated rings. The van der Waals surface area contributed by atoms with Crippen LogP contribution in [-0.2, 0) is 20.0 Å². The van der Waals surface area contributed by atoms with Crippen LogP contribution in [0, 0.1) is 5.92 Å². The Morgan fingerprint density at radius 1 is 0.794 bits per heavy atom. The van der Waals surface area contributed by atoms with E-state index in [4.69, 9.17) is 0 Å². The zero-order valence-corrected chi connectivity index (χ0v) is 20.9. The SMILES string of the molecule is CC1CCN(S(=O)(=O)c2ccc(NCC(=O)c3ccc(S(=O)(=O)N4CCCC4)cc3)cc2)CC1. The summed E-state index contributed by atoms with van der Waals surface area (Å²) >= 11 is 0. The van der Waals surface area contributed by atoms with Gasteiger partial charge in [0.2, 0.25) is 20.0 Å². The Morgan fingerprint density at radius 2 is 1.26 bits per heavy atom. The third-order valence-electron chi connectivity index (χ3n) is 6.57. The molecule has 2 aromatic carbocycles. The molecule has 0 radical (unpaired) electrons. The third-order valence-corrected chi connectivity index (χ3v) is 10.4. The highest BCUT2D eigenvalue weighted by atomic mass is 32.2. The Kier molecular flexibility index (Phi) is 7.42. The van der Waals surface area contributed by atoms with Crippen molar-refractivity contribution >= 4 is 31.5 Å². The van der Waals surface area contributed by atoms with Gasteiger partial charge in [0.15, 0.2) is 5.78 Å². The Labute approximate surface area is 202 Å². The van der Waals surface area contributed by atoms with Crippen LogP contribution in [0.1, 0.15) is 43.0 Å². The van der Waals surface area contributed by atoms with Crippen molar-refractivity contribution in [3.8, 4) is 0 Å². The lowest BCUT2D eigenvalue weighted by Crippen LogP contribution is -2.37. The minimum absolute atomic E-state index is 0.00827. The van der Waals surface area contributed by atoms with Crippen LogP contribution in [-0.4, -0.2) is 64.0 Å². The topological polar surface area (TPSA) is 104 Å². The smallest absolute Gasteiger partial charge is 0.243 e. The second-order valence-electron chi connectivity index (χ2n) is 9.02. The summed E-state index contributed by atoms with van der Waals surface area (Å²) in [6, 6.07) is 12.4. The molecular formula is C24H31N3O5S2. The van der Waals surface area contributed by atoms with Crippen LogP contribution in [0.15, 0.2) is 58.3 Å². The minimum Gasteiger partial charge on any atom is -0.378 e. The van der Waals surface area contributed by atoms with Gasteiger partial charge >= 0.3 is 0 Å². The molecule has 2 saturated heterocycles. The number of Topliss-reactive ketones (excluding diaryl/α,β-unsaturated/α-hetero) is 1. The van der Waals surface area contributed by atoms with Crippen molar-refractivity contribution < 1.29 is 21.6 Å². The van der Waals surface area contributed by atoms with Gasteiger partial charge in [0, 0.05) is 37.4 Å². The molecule has 0 amide bonds. The molecule has 0 aromatic heterocycles. The molecule has 0 saturated carbocycles. The Morgan fingerprint density at radius 3 is 1.79 bits per heavy atom. The lowest BCUT2D eigenvalue weighted by Gasteiger charge is -2.29. The number of carbonyl (C=O) groups excluding carboxylic acids is 1. The Balaban J connectivity index is 1.35. The highest BCUT2D eigenvalue weighted by molar-refractivity contribution is 7.89. The summed E-state index contributed by atoms with van der Waals surface area (Å²) in [5, 5.41) is 3.01. The highest BCUT2D eigenvalue weighted by Crippen LogP contribution is 2.25. The van der Waals surface area contributed by atoms with Crippen LogP contribution in [0.25, 0.3) is 0 Å². The van der Waals surface area contributed by atoms with E-state index in [9.17, 15) is 21.6 Å². The first-order valence-electron chi connectivity index (χ1n) is 11.7. The maximum Gasteiger partial charge on any atom is 0.243 e. The number of rotatable bonds is 8. The molecule has 2 aliphatic heterocycles. The molecule has 0 bridgehead atoms. The van der Waals surface area contributed by atoms with Gasteiger partial charge in [0.25, 0.3) is 0 Å². The van der Waals surface area contributed by atoms with Gasteiger partial charge in [-0.3, -0.25) is 4.79 Å². The van der Waals surface area contributed by atoms with Gasteiger partial charge in [-0.1, -0.05) is 6.92 Å². The second kappa shape index (κ2) is 10.2. The first-order valence-corrected chi connectivity index (χ1v) is 14.5. The molecule has 184 valence electrons. The van der Waals surface area contributed by atoms with E-state index < -0.39 is 20.0 Å². The number of carbonyl (C=O) groups is 1. The van der Waals surface area contributed by atoms with Crippen LogP contribution >= 0.6 is 0 Å². The summed E-state index contributed by atoms with van der Waals surface area (Å²) in [5.74, 6) is 0.352. The number of ketones is 1. The summed E-state index contributed by atoms with van der Waals surface area (Å²) in [6.45, 7) is 4.28. The van der Waals surface area contributed by atoms with Gasteiger partial charge in [-0.05, 0) is 80.1 Å². The van der Waals surface area contributed by atoms with E-state index in [2.05, 4.69) is 12.2 Å². The summed E-state index contributed by atoms with van der Waals surface area (Å²) in [7, 11) is -7.02. The van der Waals surface area contributed by atoms with Crippen LogP contribution in [0.2, 0.25) is 0 Å². The number of anilines is 1. The van der Waals surface area contributed by atoms with Crippen molar-refractivity contribution in [2.24, 2.45) is 5.92 Å². The average Bonchev–Trinajstić information content (AvgIpc) is 3.39. The third kappa shape index (κ3) is 5.35. The van der Waals surface area contributed by atoms with Crippen LogP contribution in [0.4, 0.5) is 5.69 Å². The Hall–Kier alpha value is -2.27. The largest absolute Gasteiger partial charge is 0.378 e. The van der Waals surface area contributed by atoms with Crippen molar-refractivity contribution in [1.29, 1.82) is 0 Å². The number of piperidine rings is 1. The van der Waals surface area contributed by atoms with E-state index in [-0.39, 0.29) is 22.1 Å². The van der Waals surface area contributed by atoms with Crippen molar-refractivity contribution in [3.05, 3.63) is 54.1 Å². The summed E-state index contributed by atoms with van der Waals surface area (Å²) in [6.07, 6.45) is 3.47. The van der Waals surface area contributed by atoms with E-state index >= 15 is 0 Å². The molecule has 2 heterocycles. The van der Waals surface area contributed by atoms with Crippen molar-refractivity contribution in [2.75, 3.05) is 38.0 Å².